The summed E-state index contributed by atoms with van der Waals surface area (Å²) in [4.78, 5) is 14.2. The molecule has 0 heterocycles. The molecular formula is C17H31NO. The molecule has 2 aliphatic rings. The predicted octanol–water partition coefficient (Wildman–Crippen LogP) is 4.04. The minimum atomic E-state index is -0.0342. The van der Waals surface area contributed by atoms with Gasteiger partial charge in [0, 0.05) is 18.0 Å². The molecule has 0 aromatic heterocycles. The fourth-order valence-electron chi connectivity index (χ4n) is 3.97. The summed E-state index contributed by atoms with van der Waals surface area (Å²) in [6, 6.07) is 0.721. The fraction of sp³-hybridized carbons (Fsp3) is 0.941. The van der Waals surface area contributed by atoms with Gasteiger partial charge in [0.1, 0.15) is 6.29 Å². The lowest BCUT2D eigenvalue weighted by atomic mass is 9.71. The second-order valence-corrected chi connectivity index (χ2v) is 7.22. The van der Waals surface area contributed by atoms with Crippen LogP contribution in [0.2, 0.25) is 0 Å². The molecule has 0 bridgehead atoms. The smallest absolute Gasteiger partial charge is 0.127 e. The molecule has 2 fully saturated rings. The van der Waals surface area contributed by atoms with E-state index in [-0.39, 0.29) is 5.41 Å². The van der Waals surface area contributed by atoms with Gasteiger partial charge >= 0.3 is 0 Å². The van der Waals surface area contributed by atoms with E-state index in [0.717, 1.165) is 31.3 Å². The zero-order chi connectivity index (χ0) is 13.7. The van der Waals surface area contributed by atoms with Crippen LogP contribution in [0, 0.1) is 11.3 Å². The molecule has 110 valence electrons. The molecule has 0 amide bonds. The molecule has 0 aliphatic heterocycles. The highest BCUT2D eigenvalue weighted by molar-refractivity contribution is 5.60. The Balaban J connectivity index is 1.91. The van der Waals surface area contributed by atoms with E-state index in [9.17, 15) is 4.79 Å². The Bertz CT molecular complexity index is 273. The van der Waals surface area contributed by atoms with E-state index in [2.05, 4.69) is 18.9 Å². The molecule has 0 radical (unpaired) electrons. The maximum absolute atomic E-state index is 11.6. The molecule has 0 aromatic carbocycles. The van der Waals surface area contributed by atoms with Crippen molar-refractivity contribution in [3.05, 3.63) is 0 Å². The van der Waals surface area contributed by atoms with E-state index < -0.39 is 0 Å². The number of aldehydes is 1. The molecular weight excluding hydrogens is 234 g/mol. The summed E-state index contributed by atoms with van der Waals surface area (Å²) in [7, 11) is 2.25. The van der Waals surface area contributed by atoms with Crippen molar-refractivity contribution in [1.82, 2.24) is 4.90 Å². The van der Waals surface area contributed by atoms with Gasteiger partial charge in [0.25, 0.3) is 0 Å². The predicted molar refractivity (Wildman–Crippen MR) is 80.2 cm³/mol. The van der Waals surface area contributed by atoms with Crippen molar-refractivity contribution in [2.75, 3.05) is 13.6 Å². The summed E-state index contributed by atoms with van der Waals surface area (Å²) in [6.07, 6.45) is 14.2. The molecule has 0 saturated heterocycles. The number of hydrogen-bond acceptors (Lipinski definition) is 2. The summed E-state index contributed by atoms with van der Waals surface area (Å²) in [5, 5.41) is 0. The van der Waals surface area contributed by atoms with Crippen LogP contribution >= 0.6 is 0 Å². The number of carbonyl (C=O) groups excluding carboxylic acids is 1. The van der Waals surface area contributed by atoms with Gasteiger partial charge in [-0.3, -0.25) is 0 Å². The maximum Gasteiger partial charge on any atom is 0.127 e. The topological polar surface area (TPSA) is 20.3 Å². The van der Waals surface area contributed by atoms with E-state index in [1.54, 1.807) is 0 Å². The van der Waals surface area contributed by atoms with Gasteiger partial charge in [0.2, 0.25) is 0 Å². The van der Waals surface area contributed by atoms with Crippen molar-refractivity contribution in [2.24, 2.45) is 11.3 Å². The van der Waals surface area contributed by atoms with Crippen LogP contribution in [0.3, 0.4) is 0 Å². The van der Waals surface area contributed by atoms with Crippen molar-refractivity contribution in [3.8, 4) is 0 Å². The molecule has 0 N–H and O–H groups in total. The molecule has 0 unspecified atom stereocenters. The normalized spacial score (nSPS) is 34.2. The van der Waals surface area contributed by atoms with Crippen LogP contribution in [0.4, 0.5) is 0 Å². The zero-order valence-corrected chi connectivity index (χ0v) is 12.9. The molecule has 2 aliphatic carbocycles. The number of rotatable bonds is 4. The highest BCUT2D eigenvalue weighted by Gasteiger charge is 2.36. The summed E-state index contributed by atoms with van der Waals surface area (Å²) >= 11 is 0. The van der Waals surface area contributed by atoms with E-state index >= 15 is 0 Å². The van der Waals surface area contributed by atoms with Gasteiger partial charge in [-0.15, -0.1) is 0 Å². The first-order chi connectivity index (χ1) is 9.15. The Morgan fingerprint density at radius 1 is 1.05 bits per heavy atom. The summed E-state index contributed by atoms with van der Waals surface area (Å²) in [5.41, 5.74) is -0.0342. The van der Waals surface area contributed by atoms with Crippen molar-refractivity contribution in [2.45, 2.75) is 77.2 Å². The lowest BCUT2D eigenvalue weighted by Crippen LogP contribution is -2.43. The fourth-order valence-corrected chi connectivity index (χ4v) is 3.97. The average Bonchev–Trinajstić information content (AvgIpc) is 2.71. The molecule has 0 atom stereocenters. The summed E-state index contributed by atoms with van der Waals surface area (Å²) in [5.74, 6) is 0.816. The van der Waals surface area contributed by atoms with Crippen LogP contribution in [0.5, 0.6) is 0 Å². The second kappa shape index (κ2) is 6.88. The number of nitrogens with zero attached hydrogens (tertiary/aromatic N) is 1. The maximum atomic E-state index is 11.6. The van der Waals surface area contributed by atoms with Gasteiger partial charge in [-0.25, -0.2) is 0 Å². The molecule has 0 aromatic rings. The zero-order valence-electron chi connectivity index (χ0n) is 12.9. The highest BCUT2D eigenvalue weighted by atomic mass is 16.1. The van der Waals surface area contributed by atoms with E-state index in [1.165, 1.54) is 57.7 Å². The van der Waals surface area contributed by atoms with Crippen molar-refractivity contribution in [3.63, 3.8) is 0 Å². The van der Waals surface area contributed by atoms with E-state index in [1.807, 2.05) is 0 Å². The Morgan fingerprint density at radius 2 is 1.63 bits per heavy atom. The average molecular weight is 265 g/mol. The van der Waals surface area contributed by atoms with Crippen LogP contribution in [0.1, 0.15) is 71.1 Å². The van der Waals surface area contributed by atoms with E-state index in [4.69, 9.17) is 0 Å². The quantitative estimate of drug-likeness (QED) is 0.565. The van der Waals surface area contributed by atoms with Crippen molar-refractivity contribution in [1.29, 1.82) is 0 Å². The summed E-state index contributed by atoms with van der Waals surface area (Å²) in [6.45, 7) is 3.32. The molecule has 2 saturated carbocycles. The van der Waals surface area contributed by atoms with Crippen LogP contribution < -0.4 is 0 Å². The third kappa shape index (κ3) is 4.05. The molecule has 2 rings (SSSR count). The number of carbonyl (C=O) groups is 1. The van der Waals surface area contributed by atoms with Crippen LogP contribution in [-0.2, 0) is 4.79 Å². The van der Waals surface area contributed by atoms with Gasteiger partial charge in [-0.1, -0.05) is 32.6 Å². The van der Waals surface area contributed by atoms with Crippen molar-refractivity contribution >= 4 is 6.29 Å². The minimum absolute atomic E-state index is 0.0342. The first-order valence-corrected chi connectivity index (χ1v) is 8.32. The monoisotopic (exact) mass is 265 g/mol. The van der Waals surface area contributed by atoms with Gasteiger partial charge < -0.3 is 9.69 Å². The molecule has 19 heavy (non-hydrogen) atoms. The van der Waals surface area contributed by atoms with Crippen LogP contribution in [0.15, 0.2) is 0 Å². The third-order valence-corrected chi connectivity index (χ3v) is 5.53. The standard InChI is InChI=1S/C17H31NO/c1-15-9-11-17(14-19,12-10-15)13-18(2)16-7-5-3-4-6-8-16/h14-16H,3-13H2,1-2H3. The van der Waals surface area contributed by atoms with Crippen LogP contribution in [0.25, 0.3) is 0 Å². The van der Waals surface area contributed by atoms with Crippen molar-refractivity contribution < 1.29 is 4.79 Å². The molecule has 0 spiro atoms. The second-order valence-electron chi connectivity index (χ2n) is 7.22. The SMILES string of the molecule is CC1CCC(C=O)(CN(C)C2CCCCCC2)CC1. The third-order valence-electron chi connectivity index (χ3n) is 5.53. The van der Waals surface area contributed by atoms with Gasteiger partial charge in [-0.05, 0) is 51.5 Å². The highest BCUT2D eigenvalue weighted by Crippen LogP contribution is 2.38. The van der Waals surface area contributed by atoms with Crippen LogP contribution in [-0.4, -0.2) is 30.8 Å². The van der Waals surface area contributed by atoms with Gasteiger partial charge in [0.15, 0.2) is 0 Å². The lowest BCUT2D eigenvalue weighted by Gasteiger charge is -2.40. The Labute approximate surface area is 118 Å². The molecule has 2 heteroatoms. The van der Waals surface area contributed by atoms with Gasteiger partial charge in [0.05, 0.1) is 0 Å². The van der Waals surface area contributed by atoms with Gasteiger partial charge in [-0.2, -0.15) is 0 Å². The van der Waals surface area contributed by atoms with E-state index in [0.29, 0.717) is 0 Å². The molecule has 2 nitrogen and oxygen atoms in total. The first-order valence-electron chi connectivity index (χ1n) is 8.32. The Kier molecular flexibility index (Phi) is 5.44. The lowest BCUT2D eigenvalue weighted by molar-refractivity contribution is -0.119. The summed E-state index contributed by atoms with van der Waals surface area (Å²) < 4.78 is 0. The Morgan fingerprint density at radius 3 is 2.16 bits per heavy atom. The minimum Gasteiger partial charge on any atom is -0.303 e. The first kappa shape index (κ1) is 15.0. The Hall–Kier alpha value is -0.370. The largest absolute Gasteiger partial charge is 0.303 e. The number of hydrogen-bond donors (Lipinski definition) is 0.